The van der Waals surface area contributed by atoms with Crippen molar-refractivity contribution in [2.45, 2.75) is 48.1 Å². The van der Waals surface area contributed by atoms with Crippen LogP contribution in [0.5, 0.6) is 0 Å². The van der Waals surface area contributed by atoms with Crippen molar-refractivity contribution in [1.29, 1.82) is 5.26 Å². The molecule has 0 amide bonds. The number of nitriles is 1. The molecular weight excluding hydrogens is 605 g/mol. The Kier molecular flexibility index (Phi) is 14.7. The first-order chi connectivity index (χ1) is 12.8. The Bertz CT molecular complexity index is 563. The van der Waals surface area contributed by atoms with Crippen molar-refractivity contribution in [2.24, 2.45) is 0 Å². The average Bonchev–Trinajstić information content (AvgIpc) is 2.73. The van der Waals surface area contributed by atoms with Crippen LogP contribution in [0, 0.1) is 47.0 Å². The van der Waals surface area contributed by atoms with Crippen LogP contribution < -0.4 is 5.32 Å². The van der Waals surface area contributed by atoms with E-state index in [9.17, 15) is 25.2 Å². The van der Waals surface area contributed by atoms with E-state index in [0.717, 1.165) is 6.54 Å². The third-order valence-corrected chi connectivity index (χ3v) is 3.95. The predicted molar refractivity (Wildman–Crippen MR) is 107 cm³/mol. The van der Waals surface area contributed by atoms with Crippen molar-refractivity contribution >= 4 is 7.81 Å². The fourth-order valence-electron chi connectivity index (χ4n) is 2.14. The summed E-state index contributed by atoms with van der Waals surface area (Å²) >= 11 is 0. The van der Waals surface area contributed by atoms with Crippen molar-refractivity contribution in [1.82, 2.24) is 5.32 Å². The summed E-state index contributed by atoms with van der Waals surface area (Å²) in [4.78, 5) is 0. The normalized spacial score (nSPS) is 18.0. The van der Waals surface area contributed by atoms with Crippen LogP contribution in [0.3, 0.4) is 0 Å². The number of rotatable bonds is 2. The van der Waals surface area contributed by atoms with E-state index in [0.29, 0.717) is 0 Å². The molecule has 1 N–H and O–H groups in total. The molecular formula is C20H28F6IrN2P+. The van der Waals surface area contributed by atoms with Gasteiger partial charge in [-0.2, -0.15) is 35.6 Å². The molecule has 0 saturated heterocycles. The Morgan fingerprint density at radius 1 is 0.867 bits per heavy atom. The topological polar surface area (TPSA) is 35.8 Å². The van der Waals surface area contributed by atoms with Crippen LogP contribution in [0.2, 0.25) is 0 Å². The van der Waals surface area contributed by atoms with Crippen molar-refractivity contribution in [3.63, 3.8) is 0 Å². The largest absolute Gasteiger partial charge is 3.00 e. The Balaban J connectivity index is -0.000000341. The predicted octanol–water partition coefficient (Wildman–Crippen LogP) is 8.09. The van der Waals surface area contributed by atoms with Gasteiger partial charge in [0.25, 0.3) is 0 Å². The molecule has 0 heterocycles. The summed E-state index contributed by atoms with van der Waals surface area (Å²) in [5.41, 5.74) is 1.21. The van der Waals surface area contributed by atoms with Crippen LogP contribution in [0.25, 0.3) is 0 Å². The molecule has 1 aromatic rings. The first kappa shape index (κ1) is 34.0. The number of nitrogens with one attached hydrogen (secondary N) is 1. The molecule has 5 radical (unpaired) electrons. The van der Waals surface area contributed by atoms with Gasteiger partial charge >= 0.3 is 53.1 Å². The van der Waals surface area contributed by atoms with Gasteiger partial charge in [0, 0.05) is 6.92 Å². The second-order valence-electron chi connectivity index (χ2n) is 6.23. The first-order valence-electron chi connectivity index (χ1n) is 8.52. The van der Waals surface area contributed by atoms with Crippen LogP contribution in [0.15, 0.2) is 24.3 Å². The zero-order valence-corrected chi connectivity index (χ0v) is 21.3. The van der Waals surface area contributed by atoms with Gasteiger partial charge in [0.2, 0.25) is 0 Å². The standard InChI is InChI=1S/C10H15.C8H10N.C2H3N.F6P.Ir/c1-6-7(2)9(4)10(5)8(6)3;1-9-7-8-5-3-2-4-6-8;1-2-3;1-7(2,3,4,5)6;/h1-5H3;2-5,9H,7H2,1H3;1H3;;/q;-1;;-1;+3. The van der Waals surface area contributed by atoms with E-state index < -0.39 is 7.81 Å². The molecule has 0 unspecified atom stereocenters. The van der Waals surface area contributed by atoms with Gasteiger partial charge in [0.15, 0.2) is 0 Å². The van der Waals surface area contributed by atoms with Crippen molar-refractivity contribution in [3.05, 3.63) is 65.5 Å². The molecule has 0 aliphatic heterocycles. The van der Waals surface area contributed by atoms with Crippen molar-refractivity contribution in [3.8, 4) is 6.07 Å². The zero-order valence-electron chi connectivity index (χ0n) is 18.0. The maximum absolute atomic E-state index is 10.7. The minimum Gasteiger partial charge on any atom is 3.00 e. The number of hydrogen-bond acceptors (Lipinski definition) is 2. The molecule has 0 bridgehead atoms. The quantitative estimate of drug-likeness (QED) is 0.203. The molecule has 173 valence electrons. The van der Waals surface area contributed by atoms with Crippen LogP contribution in [-0.2, 0) is 26.7 Å². The second kappa shape index (κ2) is 13.0. The molecule has 10 heteroatoms. The summed E-state index contributed by atoms with van der Waals surface area (Å²) in [6.07, 6.45) is 0. The SMILES string of the molecule is CC#N.CNCc1[c-]cccc1.C[C]1[C](C)[C](C)[C](C)[C]1C.F[P-](F)(F)(F)(F)F.[Ir+3]. The van der Waals surface area contributed by atoms with E-state index in [-0.39, 0.29) is 20.1 Å². The molecule has 30 heavy (non-hydrogen) atoms. The van der Waals surface area contributed by atoms with Gasteiger partial charge in [0.05, 0.1) is 6.07 Å². The molecule has 1 fully saturated rings. The van der Waals surface area contributed by atoms with E-state index in [1.54, 1.807) is 6.07 Å². The summed E-state index contributed by atoms with van der Waals surface area (Å²) in [6, 6.07) is 12.8. The number of benzene rings is 1. The molecule has 2 nitrogen and oxygen atoms in total. The van der Waals surface area contributed by atoms with Gasteiger partial charge in [-0.05, 0) is 43.2 Å². The van der Waals surface area contributed by atoms with Gasteiger partial charge in [-0.25, -0.2) is 0 Å². The molecule has 1 aliphatic rings. The number of hydrogen-bond donors (Lipinski definition) is 1. The molecule has 1 saturated carbocycles. The first-order valence-corrected chi connectivity index (χ1v) is 10.6. The van der Waals surface area contributed by atoms with Gasteiger partial charge in [-0.15, -0.1) is 5.56 Å². The second-order valence-corrected chi connectivity index (χ2v) is 8.14. The minimum absolute atomic E-state index is 0. The third-order valence-electron chi connectivity index (χ3n) is 3.95. The van der Waals surface area contributed by atoms with E-state index in [1.165, 1.54) is 42.1 Å². The zero-order chi connectivity index (χ0) is 23.5. The van der Waals surface area contributed by atoms with Crippen LogP contribution >= 0.6 is 7.81 Å². The van der Waals surface area contributed by atoms with Crippen LogP contribution in [0.1, 0.15) is 47.1 Å². The van der Waals surface area contributed by atoms with Crippen LogP contribution in [0.4, 0.5) is 25.2 Å². The average molecular weight is 634 g/mol. The Labute approximate surface area is 190 Å². The van der Waals surface area contributed by atoms with Crippen LogP contribution in [-0.4, -0.2) is 7.05 Å². The summed E-state index contributed by atoms with van der Waals surface area (Å²) in [6.45, 7) is 13.3. The van der Waals surface area contributed by atoms with Gasteiger partial charge in [-0.1, -0.05) is 34.6 Å². The minimum atomic E-state index is -10.7. The summed E-state index contributed by atoms with van der Waals surface area (Å²) in [7, 11) is -8.73. The molecule has 1 aliphatic carbocycles. The van der Waals surface area contributed by atoms with E-state index in [1.807, 2.05) is 25.2 Å². The molecule has 2 rings (SSSR count). The molecule has 0 aromatic heterocycles. The van der Waals surface area contributed by atoms with E-state index in [4.69, 9.17) is 5.26 Å². The monoisotopic (exact) mass is 634 g/mol. The van der Waals surface area contributed by atoms with Gasteiger partial charge in [0.1, 0.15) is 0 Å². The van der Waals surface area contributed by atoms with E-state index in [2.05, 4.69) is 52.1 Å². The fraction of sp³-hybridized carbons (Fsp3) is 0.400. The van der Waals surface area contributed by atoms with E-state index >= 15 is 0 Å². The fourth-order valence-corrected chi connectivity index (χ4v) is 2.14. The maximum atomic E-state index is 9.87. The van der Waals surface area contributed by atoms with Crippen molar-refractivity contribution in [2.75, 3.05) is 7.05 Å². The summed E-state index contributed by atoms with van der Waals surface area (Å²) in [5.74, 6) is 7.34. The smallest absolute Gasteiger partial charge is 3.00 e. The number of halogens is 6. The van der Waals surface area contributed by atoms with Crippen molar-refractivity contribution < 1.29 is 45.3 Å². The Morgan fingerprint density at radius 2 is 1.17 bits per heavy atom. The summed E-state index contributed by atoms with van der Waals surface area (Å²) in [5, 5.41) is 10.4. The molecule has 0 atom stereocenters. The molecule has 1 aromatic carbocycles. The summed E-state index contributed by atoms with van der Waals surface area (Å²) < 4.78 is 59.2. The van der Waals surface area contributed by atoms with Gasteiger partial charge in [-0.3, -0.25) is 0 Å². The maximum Gasteiger partial charge on any atom is 3.00 e. The Morgan fingerprint density at radius 3 is 1.37 bits per heavy atom. The third kappa shape index (κ3) is 20.6. The molecule has 0 spiro atoms. The van der Waals surface area contributed by atoms with Gasteiger partial charge < -0.3 is 5.32 Å². The number of nitrogens with zero attached hydrogens (tertiary/aromatic N) is 1. The Hall–Kier alpha value is -0.671.